The molecule has 1 amide bonds. The predicted molar refractivity (Wildman–Crippen MR) is 129 cm³/mol. The van der Waals surface area contributed by atoms with E-state index in [9.17, 15) is 31.6 Å². The van der Waals surface area contributed by atoms with E-state index in [4.69, 9.17) is 4.74 Å². The van der Waals surface area contributed by atoms with Crippen LogP contribution in [-0.2, 0) is 19.6 Å². The standard InChI is InChI=1S/C22H25F3N4O6S.ClH/c23-22(24,25)35-18-3-1-2-16(14-18)17-4-5-19(26-15-17)28-8-10-29(11-9-28)36(32,33)21(20(30)27-31)6-12-34-13-7-21;/h1-5,14-15,31H,6-13H2,(H,27,30);1H. The number of nitrogens with one attached hydrogen (secondary N) is 1. The second-order valence-electron chi connectivity index (χ2n) is 8.42. The highest BCUT2D eigenvalue weighted by molar-refractivity contribution is 7.91. The molecule has 0 saturated carbocycles. The first-order valence-electron chi connectivity index (χ1n) is 11.1. The average molecular weight is 567 g/mol. The summed E-state index contributed by atoms with van der Waals surface area (Å²) in [5.41, 5.74) is 2.59. The Labute approximate surface area is 217 Å². The fourth-order valence-corrected chi connectivity index (χ4v) is 6.53. The number of ether oxygens (including phenoxy) is 2. The molecule has 2 saturated heterocycles. The Kier molecular flexibility index (Phi) is 8.90. The lowest BCUT2D eigenvalue weighted by molar-refractivity contribution is -0.274. The van der Waals surface area contributed by atoms with Crippen LogP contribution in [0.4, 0.5) is 19.0 Å². The summed E-state index contributed by atoms with van der Waals surface area (Å²) in [4.78, 5) is 18.7. The number of nitrogens with zero attached hydrogens (tertiary/aromatic N) is 3. The molecule has 0 unspecified atom stereocenters. The maximum absolute atomic E-state index is 13.4. The van der Waals surface area contributed by atoms with Crippen LogP contribution in [0.1, 0.15) is 12.8 Å². The van der Waals surface area contributed by atoms with Gasteiger partial charge in [0.25, 0.3) is 5.91 Å². The number of piperazine rings is 1. The highest BCUT2D eigenvalue weighted by atomic mass is 35.5. The predicted octanol–water partition coefficient (Wildman–Crippen LogP) is 2.58. The van der Waals surface area contributed by atoms with Crippen molar-refractivity contribution in [2.75, 3.05) is 44.3 Å². The molecule has 1 aromatic carbocycles. The summed E-state index contributed by atoms with van der Waals surface area (Å²) in [6, 6.07) is 8.98. The molecule has 2 aliphatic rings. The average Bonchev–Trinajstić information content (AvgIpc) is 2.88. The zero-order valence-corrected chi connectivity index (χ0v) is 21.1. The summed E-state index contributed by atoms with van der Waals surface area (Å²) >= 11 is 0. The van der Waals surface area contributed by atoms with Gasteiger partial charge in [0.05, 0.1) is 0 Å². The van der Waals surface area contributed by atoms with Gasteiger partial charge in [0.15, 0.2) is 4.75 Å². The molecule has 10 nitrogen and oxygen atoms in total. The molecule has 0 bridgehead atoms. The number of benzene rings is 1. The number of hydrogen-bond acceptors (Lipinski definition) is 8. The van der Waals surface area contributed by atoms with E-state index in [1.165, 1.54) is 34.2 Å². The van der Waals surface area contributed by atoms with Gasteiger partial charge in [-0.3, -0.25) is 10.0 Å². The third kappa shape index (κ3) is 6.09. The molecule has 3 heterocycles. The van der Waals surface area contributed by atoms with Crippen LogP contribution in [-0.4, -0.2) is 79.3 Å². The van der Waals surface area contributed by atoms with Gasteiger partial charge in [0.1, 0.15) is 11.6 Å². The number of halogens is 4. The molecular weight excluding hydrogens is 541 g/mol. The van der Waals surface area contributed by atoms with Gasteiger partial charge in [-0.1, -0.05) is 12.1 Å². The van der Waals surface area contributed by atoms with Crippen molar-refractivity contribution in [3.8, 4) is 16.9 Å². The largest absolute Gasteiger partial charge is 0.573 e. The minimum Gasteiger partial charge on any atom is -0.406 e. The maximum atomic E-state index is 13.4. The van der Waals surface area contributed by atoms with Gasteiger partial charge in [-0.05, 0) is 29.8 Å². The van der Waals surface area contributed by atoms with E-state index in [-0.39, 0.29) is 57.3 Å². The molecule has 2 aromatic rings. The minimum atomic E-state index is -4.79. The first kappa shape index (κ1) is 28.9. The van der Waals surface area contributed by atoms with Gasteiger partial charge in [0, 0.05) is 64.0 Å². The van der Waals surface area contributed by atoms with Crippen LogP contribution in [0.15, 0.2) is 42.6 Å². The monoisotopic (exact) mass is 566 g/mol. The van der Waals surface area contributed by atoms with Crippen molar-refractivity contribution in [1.29, 1.82) is 0 Å². The summed E-state index contributed by atoms with van der Waals surface area (Å²) in [7, 11) is -4.08. The van der Waals surface area contributed by atoms with Gasteiger partial charge < -0.3 is 14.4 Å². The fraction of sp³-hybridized carbons (Fsp3) is 0.455. The summed E-state index contributed by atoms with van der Waals surface area (Å²) in [6.07, 6.45) is -3.38. The molecule has 0 atom stereocenters. The molecule has 37 heavy (non-hydrogen) atoms. The van der Waals surface area contributed by atoms with Crippen LogP contribution in [0.5, 0.6) is 5.75 Å². The molecule has 2 aliphatic heterocycles. The second-order valence-corrected chi connectivity index (χ2v) is 10.7. The van der Waals surface area contributed by atoms with Gasteiger partial charge in [-0.25, -0.2) is 18.9 Å². The van der Waals surface area contributed by atoms with E-state index < -0.39 is 27.0 Å². The van der Waals surface area contributed by atoms with Crippen molar-refractivity contribution in [3.05, 3.63) is 42.6 Å². The second kappa shape index (κ2) is 11.4. The zero-order chi connectivity index (χ0) is 26.0. The van der Waals surface area contributed by atoms with E-state index in [1.54, 1.807) is 18.2 Å². The van der Waals surface area contributed by atoms with Crippen molar-refractivity contribution in [3.63, 3.8) is 0 Å². The molecule has 1 aromatic heterocycles. The molecular formula is C22H26ClF3N4O6S. The number of anilines is 1. The highest BCUT2D eigenvalue weighted by Crippen LogP contribution is 2.34. The molecule has 15 heteroatoms. The maximum Gasteiger partial charge on any atom is 0.573 e. The molecule has 204 valence electrons. The lowest BCUT2D eigenvalue weighted by atomic mass is 9.98. The number of rotatable bonds is 6. The van der Waals surface area contributed by atoms with E-state index >= 15 is 0 Å². The summed E-state index contributed by atoms with van der Waals surface area (Å²) in [5, 5.41) is 9.18. The lowest BCUT2D eigenvalue weighted by Crippen LogP contribution is -2.62. The third-order valence-corrected chi connectivity index (χ3v) is 8.99. The van der Waals surface area contributed by atoms with Crippen LogP contribution in [0, 0.1) is 0 Å². The summed E-state index contributed by atoms with van der Waals surface area (Å²) < 4.78 is 73.0. The van der Waals surface area contributed by atoms with Crippen molar-refractivity contribution >= 4 is 34.2 Å². The molecule has 2 fully saturated rings. The van der Waals surface area contributed by atoms with Crippen molar-refractivity contribution in [2.45, 2.75) is 24.0 Å². The number of sulfonamides is 1. The molecule has 0 spiro atoms. The van der Waals surface area contributed by atoms with Crippen LogP contribution in [0.3, 0.4) is 0 Å². The topological polar surface area (TPSA) is 121 Å². The molecule has 0 aliphatic carbocycles. The van der Waals surface area contributed by atoms with E-state index in [0.29, 0.717) is 30.0 Å². The van der Waals surface area contributed by atoms with Crippen LogP contribution in [0.2, 0.25) is 0 Å². The van der Waals surface area contributed by atoms with Crippen molar-refractivity contribution < 1.29 is 41.1 Å². The number of aromatic nitrogens is 1. The first-order valence-corrected chi connectivity index (χ1v) is 12.6. The van der Waals surface area contributed by atoms with Crippen molar-refractivity contribution in [1.82, 2.24) is 14.8 Å². The number of hydrogen-bond donors (Lipinski definition) is 2. The minimum absolute atomic E-state index is 0. The third-order valence-electron chi connectivity index (χ3n) is 6.36. The molecule has 0 radical (unpaired) electrons. The fourth-order valence-electron chi connectivity index (χ4n) is 4.43. The van der Waals surface area contributed by atoms with Gasteiger partial charge in [-0.2, -0.15) is 4.31 Å². The summed E-state index contributed by atoms with van der Waals surface area (Å²) in [5.74, 6) is -0.721. The molecule has 2 N–H and O–H groups in total. The van der Waals surface area contributed by atoms with E-state index in [0.717, 1.165) is 0 Å². The van der Waals surface area contributed by atoms with Crippen LogP contribution >= 0.6 is 12.4 Å². The normalized spacial score (nSPS) is 18.5. The van der Waals surface area contributed by atoms with Gasteiger partial charge in [-0.15, -0.1) is 25.6 Å². The van der Waals surface area contributed by atoms with Gasteiger partial charge in [0.2, 0.25) is 10.0 Å². The smallest absolute Gasteiger partial charge is 0.406 e. The number of hydroxylamine groups is 1. The number of alkyl halides is 3. The summed E-state index contributed by atoms with van der Waals surface area (Å²) in [6.45, 7) is 1.04. The van der Waals surface area contributed by atoms with Crippen molar-refractivity contribution in [2.24, 2.45) is 0 Å². The number of pyridine rings is 1. The Bertz CT molecular complexity index is 1190. The first-order chi connectivity index (χ1) is 17.1. The SMILES string of the molecule is Cl.O=C(NO)C1(S(=O)(=O)N2CCN(c3ccc(-c4cccc(OC(F)(F)F)c4)cn3)CC2)CCOCC1. The quantitative estimate of drug-likeness (QED) is 0.404. The molecule has 4 rings (SSSR count). The van der Waals surface area contributed by atoms with Crippen LogP contribution in [0.25, 0.3) is 11.1 Å². The zero-order valence-electron chi connectivity index (χ0n) is 19.5. The van der Waals surface area contributed by atoms with Crippen LogP contribution < -0.4 is 15.1 Å². The Morgan fingerprint density at radius 1 is 1.08 bits per heavy atom. The number of carbonyl (C=O) groups is 1. The highest BCUT2D eigenvalue weighted by Gasteiger charge is 2.54. The van der Waals surface area contributed by atoms with Gasteiger partial charge >= 0.3 is 6.36 Å². The number of amides is 1. The van der Waals surface area contributed by atoms with E-state index in [2.05, 4.69) is 9.72 Å². The number of carbonyl (C=O) groups excluding carboxylic acids is 1. The Morgan fingerprint density at radius 2 is 1.76 bits per heavy atom. The lowest BCUT2D eigenvalue weighted by Gasteiger charge is -2.41. The Balaban J connectivity index is 0.00000380. The van der Waals surface area contributed by atoms with E-state index in [1.807, 2.05) is 4.90 Å². The Hall–Kier alpha value is -2.65. The Morgan fingerprint density at radius 3 is 2.32 bits per heavy atom.